The fourth-order valence-electron chi connectivity index (χ4n) is 4.38. The van der Waals surface area contributed by atoms with Crippen molar-refractivity contribution in [3.05, 3.63) is 65.5 Å². The van der Waals surface area contributed by atoms with E-state index in [9.17, 15) is 23.1 Å². The van der Waals surface area contributed by atoms with Gasteiger partial charge >= 0.3 is 0 Å². The predicted octanol–water partition coefficient (Wildman–Crippen LogP) is 3.76. The second-order valence-corrected chi connectivity index (χ2v) is 7.86. The Kier molecular flexibility index (Phi) is 5.25. The standard InChI is InChI=1S/C22H23F3N2O2/c23-17-5-1-15(2-6-17)13-26-12-10-20(21(26)29)27-11-9-19(22(24,25)14-27)16-3-7-18(28)8-4-16/h1-8,19-20,28H,9-14H2/t19-,20+/m1/s1. The Hall–Kier alpha value is -2.54. The second kappa shape index (κ2) is 7.71. The maximum atomic E-state index is 14.9. The van der Waals surface area contributed by atoms with Crippen molar-refractivity contribution in [1.82, 2.24) is 9.80 Å². The average molecular weight is 404 g/mol. The molecule has 29 heavy (non-hydrogen) atoms. The summed E-state index contributed by atoms with van der Waals surface area (Å²) < 4.78 is 42.9. The molecule has 7 heteroatoms. The van der Waals surface area contributed by atoms with E-state index >= 15 is 0 Å². The van der Waals surface area contributed by atoms with Crippen LogP contribution in [0.15, 0.2) is 48.5 Å². The molecule has 4 nitrogen and oxygen atoms in total. The van der Waals surface area contributed by atoms with Crippen LogP contribution in [-0.2, 0) is 11.3 Å². The zero-order valence-electron chi connectivity index (χ0n) is 15.9. The van der Waals surface area contributed by atoms with E-state index in [2.05, 4.69) is 0 Å². The van der Waals surface area contributed by atoms with Gasteiger partial charge in [-0.2, -0.15) is 0 Å². The molecule has 0 aromatic heterocycles. The molecule has 0 unspecified atom stereocenters. The summed E-state index contributed by atoms with van der Waals surface area (Å²) in [5.41, 5.74) is 1.32. The van der Waals surface area contributed by atoms with Gasteiger partial charge in [-0.3, -0.25) is 9.69 Å². The van der Waals surface area contributed by atoms with E-state index in [0.29, 0.717) is 31.6 Å². The molecule has 4 rings (SSSR count). The summed E-state index contributed by atoms with van der Waals surface area (Å²) in [4.78, 5) is 16.1. The SMILES string of the molecule is O=C1[C@@H](N2CC[C@H](c3ccc(O)cc3)C(F)(F)C2)CCN1Cc1ccc(F)cc1. The number of hydrogen-bond acceptors (Lipinski definition) is 3. The van der Waals surface area contributed by atoms with Crippen LogP contribution < -0.4 is 0 Å². The molecule has 2 fully saturated rings. The Labute approximate surface area is 167 Å². The molecular formula is C22H23F3N2O2. The van der Waals surface area contributed by atoms with E-state index in [1.54, 1.807) is 21.9 Å². The Bertz CT molecular complexity index is 871. The Morgan fingerprint density at radius 3 is 2.34 bits per heavy atom. The minimum atomic E-state index is -2.96. The highest BCUT2D eigenvalue weighted by atomic mass is 19.3. The third-order valence-electron chi connectivity index (χ3n) is 5.92. The van der Waals surface area contributed by atoms with E-state index < -0.39 is 24.4 Å². The summed E-state index contributed by atoms with van der Waals surface area (Å²) in [6.07, 6.45) is 0.763. The van der Waals surface area contributed by atoms with E-state index in [4.69, 9.17) is 0 Å². The van der Waals surface area contributed by atoms with Crippen molar-refractivity contribution in [3.8, 4) is 5.75 Å². The van der Waals surface area contributed by atoms with Gasteiger partial charge in [-0.1, -0.05) is 24.3 Å². The Morgan fingerprint density at radius 1 is 1.00 bits per heavy atom. The van der Waals surface area contributed by atoms with Gasteiger partial charge < -0.3 is 10.0 Å². The summed E-state index contributed by atoms with van der Waals surface area (Å²) >= 11 is 0. The van der Waals surface area contributed by atoms with Crippen molar-refractivity contribution in [3.63, 3.8) is 0 Å². The maximum absolute atomic E-state index is 14.9. The average Bonchev–Trinajstić information content (AvgIpc) is 3.04. The summed E-state index contributed by atoms with van der Waals surface area (Å²) in [5, 5.41) is 9.39. The molecule has 2 aromatic carbocycles. The molecule has 2 heterocycles. The normalized spacial score (nSPS) is 24.8. The topological polar surface area (TPSA) is 43.8 Å². The molecule has 2 aliphatic heterocycles. The molecule has 0 saturated carbocycles. The molecular weight excluding hydrogens is 381 g/mol. The summed E-state index contributed by atoms with van der Waals surface area (Å²) in [7, 11) is 0. The highest BCUT2D eigenvalue weighted by Crippen LogP contribution is 2.42. The second-order valence-electron chi connectivity index (χ2n) is 7.86. The quantitative estimate of drug-likeness (QED) is 0.844. The lowest BCUT2D eigenvalue weighted by Crippen LogP contribution is -2.53. The number of aromatic hydroxyl groups is 1. The van der Waals surface area contributed by atoms with Crippen molar-refractivity contribution < 1.29 is 23.1 Å². The van der Waals surface area contributed by atoms with Gasteiger partial charge in [0, 0.05) is 13.1 Å². The number of rotatable bonds is 4. The van der Waals surface area contributed by atoms with Gasteiger partial charge in [0.2, 0.25) is 5.91 Å². The Balaban J connectivity index is 1.41. The summed E-state index contributed by atoms with van der Waals surface area (Å²) in [6.45, 7) is 0.821. The number of phenolic OH excluding ortho intramolecular Hbond substituents is 1. The lowest BCUT2D eigenvalue weighted by molar-refractivity contribution is -0.137. The van der Waals surface area contributed by atoms with Gasteiger partial charge in [0.15, 0.2) is 0 Å². The molecule has 2 atom stereocenters. The maximum Gasteiger partial charge on any atom is 0.267 e. The van der Waals surface area contributed by atoms with Crippen LogP contribution in [0.25, 0.3) is 0 Å². The van der Waals surface area contributed by atoms with Crippen LogP contribution in [0.2, 0.25) is 0 Å². The molecule has 0 radical (unpaired) electrons. The number of phenols is 1. The monoisotopic (exact) mass is 404 g/mol. The smallest absolute Gasteiger partial charge is 0.267 e. The van der Waals surface area contributed by atoms with Gasteiger partial charge in [-0.05, 0) is 54.8 Å². The van der Waals surface area contributed by atoms with Gasteiger partial charge in [0.25, 0.3) is 5.92 Å². The molecule has 0 bridgehead atoms. The first kappa shape index (κ1) is 19.8. The van der Waals surface area contributed by atoms with Crippen LogP contribution in [0.5, 0.6) is 5.75 Å². The van der Waals surface area contributed by atoms with E-state index in [-0.39, 0.29) is 23.9 Å². The number of benzene rings is 2. The minimum Gasteiger partial charge on any atom is -0.508 e. The van der Waals surface area contributed by atoms with Crippen molar-refractivity contribution in [2.45, 2.75) is 37.3 Å². The van der Waals surface area contributed by atoms with Crippen molar-refractivity contribution in [2.75, 3.05) is 19.6 Å². The molecule has 1 amide bonds. The zero-order valence-corrected chi connectivity index (χ0v) is 15.9. The number of piperidine rings is 1. The van der Waals surface area contributed by atoms with Crippen LogP contribution in [0.4, 0.5) is 13.2 Å². The Morgan fingerprint density at radius 2 is 1.69 bits per heavy atom. The molecule has 1 N–H and O–H groups in total. The highest BCUT2D eigenvalue weighted by molar-refractivity contribution is 5.84. The van der Waals surface area contributed by atoms with Crippen molar-refractivity contribution in [1.29, 1.82) is 0 Å². The molecule has 2 saturated heterocycles. The first-order valence-corrected chi connectivity index (χ1v) is 9.77. The largest absolute Gasteiger partial charge is 0.508 e. The van der Waals surface area contributed by atoms with Crippen LogP contribution in [0, 0.1) is 5.82 Å². The molecule has 2 aromatic rings. The highest BCUT2D eigenvalue weighted by Gasteiger charge is 2.49. The number of likely N-dealkylation sites (tertiary alicyclic amines) is 2. The number of carbonyl (C=O) groups excluding carboxylic acids is 1. The zero-order chi connectivity index (χ0) is 20.6. The van der Waals surface area contributed by atoms with Gasteiger partial charge in [0.1, 0.15) is 11.6 Å². The first-order chi connectivity index (χ1) is 13.8. The number of nitrogens with zero attached hydrogens (tertiary/aromatic N) is 2. The number of hydrogen-bond donors (Lipinski definition) is 1. The third-order valence-corrected chi connectivity index (χ3v) is 5.92. The lowest BCUT2D eigenvalue weighted by atomic mass is 9.85. The molecule has 0 spiro atoms. The van der Waals surface area contributed by atoms with E-state index in [0.717, 1.165) is 5.56 Å². The first-order valence-electron chi connectivity index (χ1n) is 9.77. The van der Waals surface area contributed by atoms with Gasteiger partial charge in [0.05, 0.1) is 18.5 Å². The van der Waals surface area contributed by atoms with Crippen LogP contribution in [0.3, 0.4) is 0 Å². The minimum absolute atomic E-state index is 0.0484. The van der Waals surface area contributed by atoms with Crippen LogP contribution in [0.1, 0.15) is 29.9 Å². The number of amides is 1. The van der Waals surface area contributed by atoms with Crippen LogP contribution in [-0.4, -0.2) is 52.4 Å². The van der Waals surface area contributed by atoms with Crippen molar-refractivity contribution in [2.24, 2.45) is 0 Å². The van der Waals surface area contributed by atoms with Crippen molar-refractivity contribution >= 4 is 5.91 Å². The molecule has 154 valence electrons. The third kappa shape index (κ3) is 4.10. The number of carbonyl (C=O) groups is 1. The van der Waals surface area contributed by atoms with Crippen LogP contribution >= 0.6 is 0 Å². The number of halogens is 3. The molecule has 2 aliphatic rings. The van der Waals surface area contributed by atoms with Gasteiger partial charge in [-0.25, -0.2) is 13.2 Å². The van der Waals surface area contributed by atoms with E-state index in [1.807, 2.05) is 0 Å². The summed E-state index contributed by atoms with van der Waals surface area (Å²) in [5.74, 6) is -4.32. The lowest BCUT2D eigenvalue weighted by Gasteiger charge is -2.40. The fraction of sp³-hybridized carbons (Fsp3) is 0.409. The molecule has 0 aliphatic carbocycles. The fourth-order valence-corrected chi connectivity index (χ4v) is 4.38. The van der Waals surface area contributed by atoms with E-state index in [1.165, 1.54) is 36.4 Å². The number of alkyl halides is 2. The summed E-state index contributed by atoms with van der Waals surface area (Å²) in [6, 6.07) is 11.3. The van der Waals surface area contributed by atoms with Gasteiger partial charge in [-0.15, -0.1) is 0 Å². The predicted molar refractivity (Wildman–Crippen MR) is 102 cm³/mol.